The molecule has 0 heterocycles. The normalized spacial score (nSPS) is 39.7. The fourth-order valence-corrected chi connectivity index (χ4v) is 2.46. The molecule has 3 aliphatic rings. The number of hydrogen-bond acceptors (Lipinski definition) is 2. The smallest absolute Gasteiger partial charge is 0.0223 e. The summed E-state index contributed by atoms with van der Waals surface area (Å²) < 4.78 is 0. The summed E-state index contributed by atoms with van der Waals surface area (Å²) in [5, 5.41) is 7.55. The van der Waals surface area contributed by atoms with Crippen LogP contribution in [-0.2, 0) is 0 Å². The van der Waals surface area contributed by atoms with Crippen LogP contribution in [0.15, 0.2) is 0 Å². The van der Waals surface area contributed by atoms with Crippen molar-refractivity contribution in [1.82, 2.24) is 10.6 Å². The zero-order chi connectivity index (χ0) is 8.67. The quantitative estimate of drug-likeness (QED) is 0.683. The molecule has 0 bridgehead atoms. The van der Waals surface area contributed by atoms with Crippen LogP contribution in [0, 0.1) is 0 Å². The van der Waals surface area contributed by atoms with Crippen LogP contribution in [0.1, 0.15) is 44.9 Å². The molecule has 2 heteroatoms. The van der Waals surface area contributed by atoms with E-state index in [-0.39, 0.29) is 0 Å². The molecule has 0 aliphatic heterocycles. The highest BCUT2D eigenvalue weighted by molar-refractivity contribution is 4.97. The molecule has 0 unspecified atom stereocenters. The van der Waals surface area contributed by atoms with Gasteiger partial charge in [-0.05, 0) is 38.5 Å². The fraction of sp³-hybridized carbons (Fsp3) is 1.00. The van der Waals surface area contributed by atoms with Crippen LogP contribution in [0.4, 0.5) is 0 Å². The zero-order valence-corrected chi connectivity index (χ0v) is 8.26. The molecule has 3 aliphatic carbocycles. The SMILES string of the molecule is C1C[C@H](NC2CC2)[C@H](NC2CC2)C1. The highest BCUT2D eigenvalue weighted by Gasteiger charge is 2.35. The van der Waals surface area contributed by atoms with Crippen molar-refractivity contribution in [1.29, 1.82) is 0 Å². The minimum atomic E-state index is 0.799. The Balaban J connectivity index is 1.51. The Morgan fingerprint density at radius 2 is 1.08 bits per heavy atom. The van der Waals surface area contributed by atoms with E-state index in [9.17, 15) is 0 Å². The molecular formula is C11H20N2. The molecule has 0 spiro atoms. The molecule has 2 atom stereocenters. The van der Waals surface area contributed by atoms with Crippen LogP contribution in [0.5, 0.6) is 0 Å². The van der Waals surface area contributed by atoms with E-state index >= 15 is 0 Å². The van der Waals surface area contributed by atoms with Gasteiger partial charge < -0.3 is 10.6 Å². The number of rotatable bonds is 4. The van der Waals surface area contributed by atoms with Gasteiger partial charge in [0, 0.05) is 24.2 Å². The monoisotopic (exact) mass is 180 g/mol. The van der Waals surface area contributed by atoms with Crippen molar-refractivity contribution in [3.63, 3.8) is 0 Å². The van der Waals surface area contributed by atoms with E-state index in [1.54, 1.807) is 0 Å². The minimum Gasteiger partial charge on any atom is -0.310 e. The summed E-state index contributed by atoms with van der Waals surface area (Å²) in [4.78, 5) is 0. The molecule has 3 fully saturated rings. The first-order valence-electron chi connectivity index (χ1n) is 5.94. The molecular weight excluding hydrogens is 160 g/mol. The lowest BCUT2D eigenvalue weighted by Gasteiger charge is -2.22. The Bertz CT molecular complexity index is 165. The summed E-state index contributed by atoms with van der Waals surface area (Å²) in [6.07, 6.45) is 9.93. The van der Waals surface area contributed by atoms with Crippen molar-refractivity contribution < 1.29 is 0 Å². The largest absolute Gasteiger partial charge is 0.310 e. The van der Waals surface area contributed by atoms with E-state index in [1.807, 2.05) is 0 Å². The molecule has 0 aromatic rings. The second-order valence-corrected chi connectivity index (χ2v) is 5.03. The average molecular weight is 180 g/mol. The van der Waals surface area contributed by atoms with E-state index in [0.29, 0.717) is 0 Å². The van der Waals surface area contributed by atoms with Crippen molar-refractivity contribution in [2.45, 2.75) is 69.1 Å². The Kier molecular flexibility index (Phi) is 2.06. The zero-order valence-electron chi connectivity index (χ0n) is 8.26. The Morgan fingerprint density at radius 1 is 0.615 bits per heavy atom. The van der Waals surface area contributed by atoms with Crippen molar-refractivity contribution in [3.05, 3.63) is 0 Å². The lowest BCUT2D eigenvalue weighted by Crippen LogP contribution is -2.45. The third kappa shape index (κ3) is 2.05. The molecule has 3 rings (SSSR count). The van der Waals surface area contributed by atoms with Gasteiger partial charge in [-0.3, -0.25) is 0 Å². The summed E-state index contributed by atoms with van der Waals surface area (Å²) >= 11 is 0. The van der Waals surface area contributed by atoms with Gasteiger partial charge in [0.1, 0.15) is 0 Å². The molecule has 0 aromatic heterocycles. The van der Waals surface area contributed by atoms with Gasteiger partial charge in [0.15, 0.2) is 0 Å². The van der Waals surface area contributed by atoms with Gasteiger partial charge in [-0.1, -0.05) is 6.42 Å². The first kappa shape index (κ1) is 8.25. The third-order valence-electron chi connectivity index (χ3n) is 3.57. The van der Waals surface area contributed by atoms with Gasteiger partial charge in [0.25, 0.3) is 0 Å². The minimum absolute atomic E-state index is 0.799. The molecule has 2 N–H and O–H groups in total. The molecule has 0 radical (unpaired) electrons. The first-order valence-corrected chi connectivity index (χ1v) is 5.94. The van der Waals surface area contributed by atoms with Crippen molar-refractivity contribution >= 4 is 0 Å². The summed E-state index contributed by atoms with van der Waals surface area (Å²) in [5.74, 6) is 0. The summed E-state index contributed by atoms with van der Waals surface area (Å²) in [5.41, 5.74) is 0. The molecule has 3 saturated carbocycles. The maximum Gasteiger partial charge on any atom is 0.0223 e. The van der Waals surface area contributed by atoms with Crippen molar-refractivity contribution in [2.75, 3.05) is 0 Å². The van der Waals surface area contributed by atoms with Crippen molar-refractivity contribution in [2.24, 2.45) is 0 Å². The van der Waals surface area contributed by atoms with Gasteiger partial charge in [0.2, 0.25) is 0 Å². The molecule has 2 nitrogen and oxygen atoms in total. The Morgan fingerprint density at radius 3 is 1.46 bits per heavy atom. The van der Waals surface area contributed by atoms with Crippen LogP contribution in [0.3, 0.4) is 0 Å². The van der Waals surface area contributed by atoms with Crippen LogP contribution in [0.25, 0.3) is 0 Å². The standard InChI is InChI=1S/C11H20N2/c1-2-10(12-8-4-5-8)11(3-1)13-9-6-7-9/h8-13H,1-7H2/t10-,11+. The molecule has 74 valence electrons. The Hall–Kier alpha value is -0.0800. The molecule has 13 heavy (non-hydrogen) atoms. The number of hydrogen-bond donors (Lipinski definition) is 2. The topological polar surface area (TPSA) is 24.1 Å². The van der Waals surface area contributed by atoms with Crippen LogP contribution >= 0.6 is 0 Å². The summed E-state index contributed by atoms with van der Waals surface area (Å²) in [7, 11) is 0. The van der Waals surface area contributed by atoms with Gasteiger partial charge in [-0.15, -0.1) is 0 Å². The third-order valence-corrected chi connectivity index (χ3v) is 3.57. The highest BCUT2D eigenvalue weighted by atomic mass is 15.1. The predicted octanol–water partition coefficient (Wildman–Crippen LogP) is 1.41. The van der Waals surface area contributed by atoms with E-state index < -0.39 is 0 Å². The summed E-state index contributed by atoms with van der Waals surface area (Å²) in [6.45, 7) is 0. The number of nitrogens with one attached hydrogen (secondary N) is 2. The van der Waals surface area contributed by atoms with Crippen LogP contribution in [-0.4, -0.2) is 24.2 Å². The lowest BCUT2D eigenvalue weighted by atomic mass is 10.1. The van der Waals surface area contributed by atoms with E-state index in [4.69, 9.17) is 0 Å². The second-order valence-electron chi connectivity index (χ2n) is 5.03. The molecule has 0 aromatic carbocycles. The average Bonchev–Trinajstić information content (AvgIpc) is 2.95. The predicted molar refractivity (Wildman–Crippen MR) is 53.7 cm³/mol. The van der Waals surface area contributed by atoms with Crippen LogP contribution in [0.2, 0.25) is 0 Å². The fourth-order valence-electron chi connectivity index (χ4n) is 2.46. The molecule has 0 saturated heterocycles. The van der Waals surface area contributed by atoms with Gasteiger partial charge in [-0.2, -0.15) is 0 Å². The van der Waals surface area contributed by atoms with E-state index in [1.165, 1.54) is 44.9 Å². The van der Waals surface area contributed by atoms with Gasteiger partial charge in [0.05, 0.1) is 0 Å². The second kappa shape index (κ2) is 3.25. The first-order chi connectivity index (χ1) is 6.42. The van der Waals surface area contributed by atoms with Crippen LogP contribution < -0.4 is 10.6 Å². The summed E-state index contributed by atoms with van der Waals surface area (Å²) in [6, 6.07) is 3.36. The lowest BCUT2D eigenvalue weighted by molar-refractivity contribution is 0.405. The highest BCUT2D eigenvalue weighted by Crippen LogP contribution is 2.28. The Labute approximate surface area is 80.5 Å². The molecule has 0 amide bonds. The van der Waals surface area contributed by atoms with E-state index in [0.717, 1.165) is 24.2 Å². The maximum absolute atomic E-state index is 3.77. The maximum atomic E-state index is 3.77. The van der Waals surface area contributed by atoms with Gasteiger partial charge >= 0.3 is 0 Å². The van der Waals surface area contributed by atoms with Gasteiger partial charge in [-0.25, -0.2) is 0 Å². The van der Waals surface area contributed by atoms with E-state index in [2.05, 4.69) is 10.6 Å². The van der Waals surface area contributed by atoms with Crippen molar-refractivity contribution in [3.8, 4) is 0 Å².